The molecule has 3 rings (SSSR count). The SMILES string of the molecule is CCCCCCCCCC/C=C\CCCCCCCCCCCCCCCCCC(=O)NC(COC1OC(CO)C(OC2OC(CO)C(OC3OC(CO)C(O)C(O)C3O)C(O)C2O)C(O)C1O)C(O)/C=C/CCCCCCCCCCC. The standard InChI is InChI=1S/C64H119NO18/c1-3-5-7-9-11-13-15-16-17-18-19-20-21-22-23-24-25-26-27-28-29-30-32-34-36-38-40-42-52(70)65-47(48(69)41-39-37-35-33-31-14-12-10-8-6-4-2)46-78-62-58(76)55(73)60(50(44-67)80-62)83-64-59(77)56(74)61(51(45-68)81-64)82-63-57(75)54(72)53(71)49(43-66)79-63/h18-19,39,41,47-51,53-64,66-69,71-77H,3-17,20-38,40,42-46H2,1-2H3,(H,65,70)/b19-18-,41-39+. The van der Waals surface area contributed by atoms with Crippen molar-refractivity contribution in [3.63, 3.8) is 0 Å². The van der Waals surface area contributed by atoms with Crippen LogP contribution in [0.5, 0.6) is 0 Å². The minimum absolute atomic E-state index is 0.246. The van der Waals surface area contributed by atoms with Gasteiger partial charge in [0.2, 0.25) is 5.91 Å². The quantitative estimate of drug-likeness (QED) is 0.0207. The van der Waals surface area contributed by atoms with Gasteiger partial charge in [0.25, 0.3) is 0 Å². The van der Waals surface area contributed by atoms with Gasteiger partial charge in [0, 0.05) is 6.42 Å². The number of ether oxygens (including phenoxy) is 6. The number of allylic oxidation sites excluding steroid dienone is 3. The van der Waals surface area contributed by atoms with E-state index in [4.69, 9.17) is 28.4 Å². The van der Waals surface area contributed by atoms with E-state index in [-0.39, 0.29) is 18.9 Å². The number of amides is 1. The smallest absolute Gasteiger partial charge is 0.220 e. The van der Waals surface area contributed by atoms with Crippen LogP contribution in [0.3, 0.4) is 0 Å². The molecule has 488 valence electrons. The van der Waals surface area contributed by atoms with Crippen molar-refractivity contribution in [1.29, 1.82) is 0 Å². The van der Waals surface area contributed by atoms with E-state index in [1.807, 2.05) is 6.08 Å². The van der Waals surface area contributed by atoms with Gasteiger partial charge in [0.15, 0.2) is 18.9 Å². The van der Waals surface area contributed by atoms with Crippen molar-refractivity contribution in [2.75, 3.05) is 26.4 Å². The fraction of sp³-hybridized carbons (Fsp3) is 0.922. The van der Waals surface area contributed by atoms with Crippen LogP contribution in [-0.2, 0) is 33.2 Å². The van der Waals surface area contributed by atoms with Gasteiger partial charge in [-0.05, 0) is 44.9 Å². The summed E-state index contributed by atoms with van der Waals surface area (Å²) in [5.74, 6) is -0.274. The first kappa shape index (κ1) is 75.5. The van der Waals surface area contributed by atoms with Crippen LogP contribution >= 0.6 is 0 Å². The molecule has 0 radical (unpaired) electrons. The van der Waals surface area contributed by atoms with Gasteiger partial charge >= 0.3 is 0 Å². The van der Waals surface area contributed by atoms with Gasteiger partial charge in [-0.15, -0.1) is 0 Å². The van der Waals surface area contributed by atoms with Gasteiger partial charge < -0.3 is 89.9 Å². The number of aliphatic hydroxyl groups excluding tert-OH is 11. The fourth-order valence-electron chi connectivity index (χ4n) is 11.3. The molecule has 3 aliphatic heterocycles. The second-order valence-corrected chi connectivity index (χ2v) is 23.9. The number of unbranched alkanes of at least 4 members (excludes halogenated alkanes) is 32. The maximum atomic E-state index is 13.3. The highest BCUT2D eigenvalue weighted by atomic mass is 16.8. The third-order valence-corrected chi connectivity index (χ3v) is 16.7. The number of nitrogens with one attached hydrogen (secondary N) is 1. The second-order valence-electron chi connectivity index (χ2n) is 23.9. The average Bonchev–Trinajstić information content (AvgIpc) is 3.62. The number of rotatable bonds is 50. The Hall–Kier alpha value is -1.73. The maximum Gasteiger partial charge on any atom is 0.220 e. The van der Waals surface area contributed by atoms with E-state index in [9.17, 15) is 61.0 Å². The van der Waals surface area contributed by atoms with Crippen LogP contribution in [0.25, 0.3) is 0 Å². The number of carbonyl (C=O) groups is 1. The van der Waals surface area contributed by atoms with E-state index in [2.05, 4.69) is 31.3 Å². The number of aliphatic hydroxyl groups is 11. The molecule has 12 N–H and O–H groups in total. The van der Waals surface area contributed by atoms with Gasteiger partial charge in [-0.2, -0.15) is 0 Å². The predicted molar refractivity (Wildman–Crippen MR) is 319 cm³/mol. The summed E-state index contributed by atoms with van der Waals surface area (Å²) in [7, 11) is 0. The first-order chi connectivity index (χ1) is 40.3. The molecule has 3 aliphatic rings. The molecule has 3 heterocycles. The van der Waals surface area contributed by atoms with Gasteiger partial charge in [-0.1, -0.05) is 218 Å². The molecule has 0 aliphatic carbocycles. The summed E-state index contributed by atoms with van der Waals surface area (Å²) < 4.78 is 34.3. The molecule has 17 unspecified atom stereocenters. The lowest BCUT2D eigenvalue weighted by molar-refractivity contribution is -0.379. The highest BCUT2D eigenvalue weighted by Crippen LogP contribution is 2.33. The molecule has 1 amide bonds. The molecular formula is C64H119NO18. The minimum Gasteiger partial charge on any atom is -0.394 e. The molecule has 0 spiro atoms. The van der Waals surface area contributed by atoms with E-state index < -0.39 is 124 Å². The minimum atomic E-state index is -1.98. The van der Waals surface area contributed by atoms with Crippen molar-refractivity contribution in [3.05, 3.63) is 24.3 Å². The van der Waals surface area contributed by atoms with E-state index in [0.717, 1.165) is 44.9 Å². The molecular weight excluding hydrogens is 1070 g/mol. The fourth-order valence-corrected chi connectivity index (χ4v) is 11.3. The van der Waals surface area contributed by atoms with Gasteiger partial charge in [-0.3, -0.25) is 4.79 Å². The molecule has 19 heteroatoms. The molecule has 0 aromatic carbocycles. The average molecular weight is 1190 g/mol. The first-order valence-corrected chi connectivity index (χ1v) is 33.1. The summed E-state index contributed by atoms with van der Waals surface area (Å²) >= 11 is 0. The summed E-state index contributed by atoms with van der Waals surface area (Å²) in [5, 5.41) is 120. The van der Waals surface area contributed by atoms with Crippen LogP contribution in [-0.4, -0.2) is 193 Å². The molecule has 0 bridgehead atoms. The van der Waals surface area contributed by atoms with Gasteiger partial charge in [0.1, 0.15) is 73.2 Å². The van der Waals surface area contributed by atoms with Crippen LogP contribution in [0.1, 0.15) is 245 Å². The second kappa shape index (κ2) is 47.3. The lowest BCUT2D eigenvalue weighted by atomic mass is 9.96. The zero-order chi connectivity index (χ0) is 60.5. The Labute approximate surface area is 498 Å². The Morgan fingerprint density at radius 2 is 0.759 bits per heavy atom. The molecule has 0 aromatic rings. The van der Waals surface area contributed by atoms with Crippen molar-refractivity contribution < 1.29 is 89.4 Å². The third kappa shape index (κ3) is 30.4. The number of hydrogen-bond acceptors (Lipinski definition) is 18. The highest BCUT2D eigenvalue weighted by molar-refractivity contribution is 5.76. The third-order valence-electron chi connectivity index (χ3n) is 16.7. The van der Waals surface area contributed by atoms with Crippen molar-refractivity contribution in [2.24, 2.45) is 0 Å². The first-order valence-electron chi connectivity index (χ1n) is 33.1. The summed E-state index contributed by atoms with van der Waals surface area (Å²) in [6.45, 7) is 1.72. The van der Waals surface area contributed by atoms with E-state index in [0.29, 0.717) is 6.42 Å². The molecule has 3 saturated heterocycles. The van der Waals surface area contributed by atoms with Crippen molar-refractivity contribution >= 4 is 5.91 Å². The molecule has 3 fully saturated rings. The van der Waals surface area contributed by atoms with Gasteiger partial charge in [0.05, 0.1) is 38.6 Å². The molecule has 19 nitrogen and oxygen atoms in total. The Bertz CT molecular complexity index is 1610. The zero-order valence-corrected chi connectivity index (χ0v) is 51.2. The monoisotopic (exact) mass is 1190 g/mol. The molecule has 83 heavy (non-hydrogen) atoms. The zero-order valence-electron chi connectivity index (χ0n) is 51.2. The Balaban J connectivity index is 1.40. The topological polar surface area (TPSA) is 307 Å². The maximum absolute atomic E-state index is 13.3. The van der Waals surface area contributed by atoms with Crippen LogP contribution in [0.15, 0.2) is 24.3 Å². The van der Waals surface area contributed by atoms with Crippen molar-refractivity contribution in [2.45, 2.75) is 349 Å². The summed E-state index contributed by atoms with van der Waals surface area (Å²) in [4.78, 5) is 13.3. The Morgan fingerprint density at radius 3 is 1.17 bits per heavy atom. The van der Waals surface area contributed by atoms with E-state index >= 15 is 0 Å². The lowest BCUT2D eigenvalue weighted by Crippen LogP contribution is -2.66. The lowest BCUT2D eigenvalue weighted by Gasteiger charge is -2.48. The largest absolute Gasteiger partial charge is 0.394 e. The van der Waals surface area contributed by atoms with Crippen LogP contribution in [0.2, 0.25) is 0 Å². The van der Waals surface area contributed by atoms with Crippen molar-refractivity contribution in [1.82, 2.24) is 5.32 Å². The Kier molecular flexibility index (Phi) is 43.0. The van der Waals surface area contributed by atoms with Gasteiger partial charge in [-0.25, -0.2) is 0 Å². The summed E-state index contributed by atoms with van der Waals surface area (Å²) in [5.41, 5.74) is 0. The van der Waals surface area contributed by atoms with E-state index in [1.165, 1.54) is 173 Å². The Morgan fingerprint density at radius 1 is 0.422 bits per heavy atom. The van der Waals surface area contributed by atoms with Crippen LogP contribution < -0.4 is 5.32 Å². The highest BCUT2D eigenvalue weighted by Gasteiger charge is 2.53. The van der Waals surface area contributed by atoms with Crippen LogP contribution in [0, 0.1) is 0 Å². The summed E-state index contributed by atoms with van der Waals surface area (Å²) in [6, 6.07) is -0.969. The number of carbonyl (C=O) groups excluding carboxylic acids is 1. The molecule has 17 atom stereocenters. The van der Waals surface area contributed by atoms with E-state index in [1.54, 1.807) is 6.08 Å². The molecule has 0 saturated carbocycles. The summed E-state index contributed by atoms with van der Waals surface area (Å²) in [6.07, 6.45) is 24.6. The number of hydrogen-bond donors (Lipinski definition) is 12. The predicted octanol–water partition coefficient (Wildman–Crippen LogP) is 7.49. The van der Waals surface area contributed by atoms with Crippen molar-refractivity contribution in [3.8, 4) is 0 Å². The van der Waals surface area contributed by atoms with Crippen LogP contribution in [0.4, 0.5) is 0 Å². The normalized spacial score (nSPS) is 29.5. The molecule has 0 aromatic heterocycles.